The van der Waals surface area contributed by atoms with Gasteiger partial charge in [0.25, 0.3) is 0 Å². The third-order valence-electron chi connectivity index (χ3n) is 2.50. The van der Waals surface area contributed by atoms with Crippen molar-refractivity contribution in [3.05, 3.63) is 24.3 Å². The molecule has 0 unspecified atom stereocenters. The Hall–Kier alpha value is -1.16. The number of hydrogen-bond donors (Lipinski definition) is 0. The van der Waals surface area contributed by atoms with Gasteiger partial charge in [0.15, 0.2) is 5.17 Å². The predicted octanol–water partition coefficient (Wildman–Crippen LogP) is 2.75. The number of ether oxygens (including phenoxy) is 1. The molecule has 0 bridgehead atoms. The lowest BCUT2D eigenvalue weighted by Gasteiger charge is -2.25. The molecular formula is C12H16N2OS. The van der Waals surface area contributed by atoms with Crippen molar-refractivity contribution < 1.29 is 4.74 Å². The molecule has 1 fully saturated rings. The van der Waals surface area contributed by atoms with Gasteiger partial charge in [0, 0.05) is 19.3 Å². The molecule has 1 aliphatic rings. The Kier molecular flexibility index (Phi) is 3.72. The fraction of sp³-hybridized carbons (Fsp3) is 0.417. The summed E-state index contributed by atoms with van der Waals surface area (Å²) in [5.41, 5.74) is 0.904. The van der Waals surface area contributed by atoms with E-state index in [-0.39, 0.29) is 0 Å². The van der Waals surface area contributed by atoms with E-state index in [1.54, 1.807) is 18.9 Å². The second-order valence-electron chi connectivity index (χ2n) is 3.69. The summed E-state index contributed by atoms with van der Waals surface area (Å²) in [5.74, 6) is 1.98. The minimum atomic E-state index is 0.828. The highest BCUT2D eigenvalue weighted by Gasteiger charge is 2.13. The number of thioether (sulfide) groups is 1. The van der Waals surface area contributed by atoms with Gasteiger partial charge in [-0.3, -0.25) is 0 Å². The van der Waals surface area contributed by atoms with Gasteiger partial charge in [0.2, 0.25) is 0 Å². The van der Waals surface area contributed by atoms with Crippen LogP contribution in [0, 0.1) is 0 Å². The smallest absolute Gasteiger partial charge is 0.164 e. The summed E-state index contributed by atoms with van der Waals surface area (Å²) in [5, 5.41) is 1.08. The summed E-state index contributed by atoms with van der Waals surface area (Å²) < 4.78 is 5.29. The lowest BCUT2D eigenvalue weighted by atomic mass is 10.3. The predicted molar refractivity (Wildman–Crippen MR) is 69.8 cm³/mol. The van der Waals surface area contributed by atoms with Crippen LogP contribution in [-0.2, 0) is 0 Å². The molecule has 0 aliphatic carbocycles. The van der Waals surface area contributed by atoms with Crippen molar-refractivity contribution in [2.45, 2.75) is 6.42 Å². The summed E-state index contributed by atoms with van der Waals surface area (Å²) in [6, 6.07) is 7.86. The van der Waals surface area contributed by atoms with E-state index < -0.39 is 0 Å². The first-order valence-electron chi connectivity index (χ1n) is 5.37. The molecule has 4 heteroatoms. The maximum Gasteiger partial charge on any atom is 0.164 e. The van der Waals surface area contributed by atoms with Gasteiger partial charge in [-0.15, -0.1) is 0 Å². The number of aliphatic imine (C=N–C) groups is 1. The third kappa shape index (κ3) is 2.50. The minimum absolute atomic E-state index is 0.828. The fourth-order valence-electron chi connectivity index (χ4n) is 1.61. The second kappa shape index (κ2) is 5.25. The Morgan fingerprint density at radius 1 is 1.38 bits per heavy atom. The van der Waals surface area contributed by atoms with Gasteiger partial charge in [0.05, 0.1) is 7.11 Å². The van der Waals surface area contributed by atoms with Crippen molar-refractivity contribution >= 4 is 22.6 Å². The Balaban J connectivity index is 2.26. The van der Waals surface area contributed by atoms with E-state index in [1.807, 2.05) is 24.3 Å². The Bertz CT molecular complexity index is 392. The van der Waals surface area contributed by atoms with E-state index in [9.17, 15) is 0 Å². The van der Waals surface area contributed by atoms with Crippen molar-refractivity contribution in [3.8, 4) is 5.75 Å². The Morgan fingerprint density at radius 2 is 2.19 bits per heavy atom. The SMILES string of the molecule is COc1ccccc1N=C1SCCCN1C. The highest BCUT2D eigenvalue weighted by atomic mass is 32.2. The van der Waals surface area contributed by atoms with Crippen molar-refractivity contribution in [2.75, 3.05) is 26.5 Å². The lowest BCUT2D eigenvalue weighted by molar-refractivity contribution is 0.416. The lowest BCUT2D eigenvalue weighted by Crippen LogP contribution is -2.29. The van der Waals surface area contributed by atoms with Gasteiger partial charge in [-0.25, -0.2) is 4.99 Å². The van der Waals surface area contributed by atoms with Crippen LogP contribution in [0.4, 0.5) is 5.69 Å². The second-order valence-corrected chi connectivity index (χ2v) is 4.75. The first-order chi connectivity index (χ1) is 7.81. The molecule has 1 aromatic rings. The van der Waals surface area contributed by atoms with Crippen LogP contribution < -0.4 is 4.74 Å². The molecule has 86 valence electrons. The van der Waals surface area contributed by atoms with Gasteiger partial charge in [-0.2, -0.15) is 0 Å². The quantitative estimate of drug-likeness (QED) is 0.789. The van der Waals surface area contributed by atoms with E-state index in [4.69, 9.17) is 4.74 Å². The monoisotopic (exact) mass is 236 g/mol. The van der Waals surface area contributed by atoms with E-state index in [2.05, 4.69) is 16.9 Å². The average Bonchev–Trinajstić information content (AvgIpc) is 2.33. The molecule has 3 nitrogen and oxygen atoms in total. The molecule has 1 saturated heterocycles. The van der Waals surface area contributed by atoms with Crippen LogP contribution in [0.5, 0.6) is 5.75 Å². The van der Waals surface area contributed by atoms with Crippen LogP contribution >= 0.6 is 11.8 Å². The molecule has 2 rings (SSSR count). The topological polar surface area (TPSA) is 24.8 Å². The zero-order chi connectivity index (χ0) is 11.4. The molecule has 0 radical (unpaired) electrons. The van der Waals surface area contributed by atoms with Crippen LogP contribution in [-0.4, -0.2) is 36.5 Å². The Labute approximate surface area is 101 Å². The van der Waals surface area contributed by atoms with Gasteiger partial charge >= 0.3 is 0 Å². The number of hydrogen-bond acceptors (Lipinski definition) is 3. The van der Waals surface area contributed by atoms with Crippen molar-refractivity contribution in [1.29, 1.82) is 0 Å². The number of nitrogens with zero attached hydrogens (tertiary/aromatic N) is 2. The standard InChI is InChI=1S/C12H16N2OS/c1-14-8-5-9-16-12(14)13-10-6-3-4-7-11(10)15-2/h3-4,6-7H,5,8-9H2,1-2H3. The molecule has 0 amide bonds. The summed E-state index contributed by atoms with van der Waals surface area (Å²) in [6.07, 6.45) is 1.23. The zero-order valence-corrected chi connectivity index (χ0v) is 10.5. The van der Waals surface area contributed by atoms with Crippen LogP contribution in [0.1, 0.15) is 6.42 Å². The molecule has 0 spiro atoms. The molecule has 0 aromatic heterocycles. The molecule has 0 N–H and O–H groups in total. The van der Waals surface area contributed by atoms with E-state index in [1.165, 1.54) is 6.42 Å². The fourth-order valence-corrected chi connectivity index (χ4v) is 2.54. The molecule has 16 heavy (non-hydrogen) atoms. The van der Waals surface area contributed by atoms with Crippen LogP contribution in [0.3, 0.4) is 0 Å². The third-order valence-corrected chi connectivity index (χ3v) is 3.65. The zero-order valence-electron chi connectivity index (χ0n) is 9.64. The number of rotatable bonds is 2. The van der Waals surface area contributed by atoms with Crippen molar-refractivity contribution in [2.24, 2.45) is 4.99 Å². The summed E-state index contributed by atoms with van der Waals surface area (Å²) in [6.45, 7) is 1.08. The number of benzene rings is 1. The average molecular weight is 236 g/mol. The van der Waals surface area contributed by atoms with Crippen LogP contribution in [0.25, 0.3) is 0 Å². The summed E-state index contributed by atoms with van der Waals surface area (Å²) in [7, 11) is 3.76. The number of methoxy groups -OCH3 is 1. The summed E-state index contributed by atoms with van der Waals surface area (Å²) in [4.78, 5) is 6.85. The van der Waals surface area contributed by atoms with Gasteiger partial charge in [-0.05, 0) is 18.6 Å². The van der Waals surface area contributed by atoms with Crippen LogP contribution in [0.2, 0.25) is 0 Å². The van der Waals surface area contributed by atoms with E-state index in [0.29, 0.717) is 0 Å². The van der Waals surface area contributed by atoms with Gasteiger partial charge < -0.3 is 9.64 Å². The normalized spacial score (nSPS) is 18.9. The first kappa shape index (κ1) is 11.3. The maximum absolute atomic E-state index is 5.29. The molecule has 0 atom stereocenters. The number of para-hydroxylation sites is 2. The minimum Gasteiger partial charge on any atom is -0.494 e. The molecule has 0 saturated carbocycles. The first-order valence-corrected chi connectivity index (χ1v) is 6.35. The molecule has 1 heterocycles. The highest BCUT2D eigenvalue weighted by molar-refractivity contribution is 8.13. The van der Waals surface area contributed by atoms with Gasteiger partial charge in [0.1, 0.15) is 11.4 Å². The van der Waals surface area contributed by atoms with E-state index in [0.717, 1.165) is 28.9 Å². The largest absolute Gasteiger partial charge is 0.494 e. The maximum atomic E-state index is 5.29. The Morgan fingerprint density at radius 3 is 2.94 bits per heavy atom. The number of amidine groups is 1. The van der Waals surface area contributed by atoms with Crippen molar-refractivity contribution in [1.82, 2.24) is 4.90 Å². The highest BCUT2D eigenvalue weighted by Crippen LogP contribution is 2.29. The summed E-state index contributed by atoms with van der Waals surface area (Å²) >= 11 is 1.81. The molecule has 1 aromatic carbocycles. The van der Waals surface area contributed by atoms with E-state index >= 15 is 0 Å². The van der Waals surface area contributed by atoms with Crippen molar-refractivity contribution in [3.63, 3.8) is 0 Å². The van der Waals surface area contributed by atoms with Crippen LogP contribution in [0.15, 0.2) is 29.3 Å². The molecule has 1 aliphatic heterocycles. The molecular weight excluding hydrogens is 220 g/mol. The van der Waals surface area contributed by atoms with Gasteiger partial charge in [-0.1, -0.05) is 23.9 Å².